The normalized spacial score (nSPS) is 35.7. The Morgan fingerprint density at radius 1 is 0.829 bits per heavy atom. The molecule has 41 heavy (non-hydrogen) atoms. The van der Waals surface area contributed by atoms with Crippen LogP contribution in [-0.2, 0) is 28.7 Å². The molecule has 0 aromatic rings. The summed E-state index contributed by atoms with van der Waals surface area (Å²) in [6.07, 6.45) is 15.2. The van der Waals surface area contributed by atoms with Crippen LogP contribution in [0.15, 0.2) is 0 Å². The van der Waals surface area contributed by atoms with E-state index in [4.69, 9.17) is 14.6 Å². The highest BCUT2D eigenvalue weighted by atomic mass is 16.7. The van der Waals surface area contributed by atoms with Gasteiger partial charge in [-0.1, -0.05) is 40.5 Å². The van der Waals surface area contributed by atoms with Crippen molar-refractivity contribution in [2.75, 3.05) is 13.3 Å². The number of carboxylic acid groups (broad SMARTS) is 1. The topological polar surface area (TPSA) is 119 Å². The fourth-order valence-corrected chi connectivity index (χ4v) is 9.83. The van der Waals surface area contributed by atoms with Crippen LogP contribution < -0.4 is 5.32 Å². The number of hydrogen-bond donors (Lipinski definition) is 2. The predicted octanol–water partition coefficient (Wildman–Crippen LogP) is 6.11. The number of rotatable bonds is 12. The summed E-state index contributed by atoms with van der Waals surface area (Å²) in [5.74, 6) is 1.57. The van der Waals surface area contributed by atoms with Crippen molar-refractivity contribution in [3.8, 4) is 0 Å². The molecule has 4 saturated carbocycles. The van der Waals surface area contributed by atoms with Gasteiger partial charge in [-0.3, -0.25) is 19.2 Å². The van der Waals surface area contributed by atoms with Crippen molar-refractivity contribution >= 4 is 23.8 Å². The summed E-state index contributed by atoms with van der Waals surface area (Å²) in [7, 11) is 0. The van der Waals surface area contributed by atoms with Gasteiger partial charge < -0.3 is 19.9 Å². The number of fused-ring (bicyclic) bond motifs is 5. The first-order valence-corrected chi connectivity index (χ1v) is 16.3. The number of aliphatic carboxylic acids is 1. The SMILES string of the molecule is CC(CCC(=O)OCOC(=O)CNC(=O)CC[C@@H](C)C1CCC2C3CCC4CCCCC4(C)C3CCC21C)C(=O)O. The van der Waals surface area contributed by atoms with Crippen molar-refractivity contribution in [1.82, 2.24) is 5.32 Å². The van der Waals surface area contributed by atoms with Crippen LogP contribution in [0.2, 0.25) is 0 Å². The molecular weight excluding hydrogens is 522 g/mol. The van der Waals surface area contributed by atoms with Crippen molar-refractivity contribution in [1.29, 1.82) is 0 Å². The minimum atomic E-state index is -0.978. The molecule has 4 fully saturated rings. The fourth-order valence-electron chi connectivity index (χ4n) is 9.83. The number of ether oxygens (including phenoxy) is 2. The molecule has 4 aliphatic carbocycles. The summed E-state index contributed by atoms with van der Waals surface area (Å²) in [5.41, 5.74) is 0.940. The molecule has 0 heterocycles. The smallest absolute Gasteiger partial charge is 0.328 e. The average molecular weight is 576 g/mol. The van der Waals surface area contributed by atoms with Gasteiger partial charge in [0.15, 0.2) is 0 Å². The summed E-state index contributed by atoms with van der Waals surface area (Å²) >= 11 is 0. The lowest BCUT2D eigenvalue weighted by Crippen LogP contribution is -2.53. The Kier molecular flexibility index (Phi) is 10.4. The molecule has 0 aromatic carbocycles. The largest absolute Gasteiger partial charge is 0.481 e. The molecule has 0 bridgehead atoms. The van der Waals surface area contributed by atoms with E-state index < -0.39 is 30.6 Å². The van der Waals surface area contributed by atoms with E-state index in [9.17, 15) is 19.2 Å². The maximum absolute atomic E-state index is 12.5. The molecule has 4 rings (SSSR count). The fraction of sp³-hybridized carbons (Fsp3) is 0.879. The van der Waals surface area contributed by atoms with Crippen LogP contribution in [0.4, 0.5) is 0 Å². The molecule has 9 atom stereocenters. The molecule has 0 radical (unpaired) electrons. The number of amides is 1. The Bertz CT molecular complexity index is 967. The van der Waals surface area contributed by atoms with Gasteiger partial charge in [0.2, 0.25) is 12.7 Å². The highest BCUT2D eigenvalue weighted by molar-refractivity contribution is 5.81. The predicted molar refractivity (Wildman–Crippen MR) is 154 cm³/mol. The second-order valence-corrected chi connectivity index (χ2v) is 14.4. The van der Waals surface area contributed by atoms with Crippen LogP contribution in [0.5, 0.6) is 0 Å². The van der Waals surface area contributed by atoms with Crippen LogP contribution in [-0.4, -0.2) is 42.3 Å². The molecule has 2 N–H and O–H groups in total. The van der Waals surface area contributed by atoms with Gasteiger partial charge in [0.05, 0.1) is 5.92 Å². The lowest BCUT2D eigenvalue weighted by atomic mass is 9.44. The highest BCUT2D eigenvalue weighted by Gasteiger charge is 2.60. The second kappa shape index (κ2) is 13.5. The molecular formula is C33H53NO7. The third kappa shape index (κ3) is 7.10. The van der Waals surface area contributed by atoms with Gasteiger partial charge in [-0.05, 0) is 111 Å². The van der Waals surface area contributed by atoms with Gasteiger partial charge in [0.1, 0.15) is 6.54 Å². The van der Waals surface area contributed by atoms with E-state index >= 15 is 0 Å². The molecule has 8 unspecified atom stereocenters. The Hall–Kier alpha value is -2.12. The van der Waals surface area contributed by atoms with Crippen molar-refractivity contribution in [2.45, 2.75) is 118 Å². The zero-order valence-electron chi connectivity index (χ0n) is 25.8. The van der Waals surface area contributed by atoms with E-state index in [1.165, 1.54) is 71.1 Å². The van der Waals surface area contributed by atoms with Crippen LogP contribution in [0.25, 0.3) is 0 Å². The maximum atomic E-state index is 12.5. The summed E-state index contributed by atoms with van der Waals surface area (Å²) in [6.45, 7) is 8.21. The van der Waals surface area contributed by atoms with Gasteiger partial charge in [-0.25, -0.2) is 0 Å². The monoisotopic (exact) mass is 575 g/mol. The van der Waals surface area contributed by atoms with Crippen LogP contribution in [0.3, 0.4) is 0 Å². The standard InChI is InChI=1S/C33H53NO7/c1-21(8-14-28(35)34-19-30(37)41-20-40-29(36)15-9-22(2)31(38)39)25-12-13-26-24-11-10-23-7-5-6-17-32(23,3)27(24)16-18-33(25,26)4/h21-27H,5-20H2,1-4H3,(H,34,35)(H,38,39)/t21-,22?,23?,24?,25?,26?,27?,32?,33?/m1/s1. The molecule has 0 spiro atoms. The Balaban J connectivity index is 1.16. The number of esters is 2. The third-order valence-electron chi connectivity index (χ3n) is 12.2. The van der Waals surface area contributed by atoms with E-state index in [1.54, 1.807) is 0 Å². The van der Waals surface area contributed by atoms with Gasteiger partial charge in [0.25, 0.3) is 0 Å². The van der Waals surface area contributed by atoms with Gasteiger partial charge in [-0.15, -0.1) is 0 Å². The van der Waals surface area contributed by atoms with Crippen molar-refractivity contribution in [2.24, 2.45) is 52.3 Å². The van der Waals surface area contributed by atoms with Crippen LogP contribution >= 0.6 is 0 Å². The first-order valence-electron chi connectivity index (χ1n) is 16.3. The molecule has 0 saturated heterocycles. The zero-order valence-corrected chi connectivity index (χ0v) is 25.8. The number of nitrogens with one attached hydrogen (secondary N) is 1. The number of hydrogen-bond acceptors (Lipinski definition) is 6. The van der Waals surface area contributed by atoms with Gasteiger partial charge >= 0.3 is 17.9 Å². The van der Waals surface area contributed by atoms with E-state index in [2.05, 4.69) is 26.1 Å². The maximum Gasteiger partial charge on any atom is 0.328 e. The van der Waals surface area contributed by atoms with E-state index in [1.807, 2.05) is 0 Å². The minimum absolute atomic E-state index is 0.0677. The average Bonchev–Trinajstić information content (AvgIpc) is 3.30. The molecule has 232 valence electrons. The summed E-state index contributed by atoms with van der Waals surface area (Å²) in [5, 5.41) is 11.5. The zero-order chi connectivity index (χ0) is 29.8. The minimum Gasteiger partial charge on any atom is -0.481 e. The van der Waals surface area contributed by atoms with Crippen molar-refractivity contribution in [3.05, 3.63) is 0 Å². The van der Waals surface area contributed by atoms with Gasteiger partial charge in [-0.2, -0.15) is 0 Å². The lowest BCUT2D eigenvalue weighted by molar-refractivity contribution is -0.167. The van der Waals surface area contributed by atoms with E-state index in [0.29, 0.717) is 29.1 Å². The van der Waals surface area contributed by atoms with Crippen molar-refractivity contribution in [3.63, 3.8) is 0 Å². The van der Waals surface area contributed by atoms with Gasteiger partial charge in [0, 0.05) is 12.8 Å². The number of carbonyl (C=O) groups is 4. The Labute approximate surface area is 246 Å². The summed E-state index contributed by atoms with van der Waals surface area (Å²) < 4.78 is 9.68. The first kappa shape index (κ1) is 31.8. The molecule has 1 amide bonds. The molecule has 8 nitrogen and oxygen atoms in total. The van der Waals surface area contributed by atoms with Crippen LogP contribution in [0.1, 0.15) is 118 Å². The van der Waals surface area contributed by atoms with E-state index in [0.717, 1.165) is 30.1 Å². The molecule has 0 aliphatic heterocycles. The number of carboxylic acids is 1. The summed E-state index contributed by atoms with van der Waals surface area (Å²) in [6, 6.07) is 0. The van der Waals surface area contributed by atoms with Crippen LogP contribution in [0, 0.1) is 52.3 Å². The Morgan fingerprint density at radius 3 is 2.32 bits per heavy atom. The highest BCUT2D eigenvalue weighted by Crippen LogP contribution is 2.68. The molecule has 0 aromatic heterocycles. The Morgan fingerprint density at radius 2 is 1.56 bits per heavy atom. The third-order valence-corrected chi connectivity index (χ3v) is 12.2. The lowest BCUT2D eigenvalue weighted by Gasteiger charge is -2.61. The number of carbonyl (C=O) groups excluding carboxylic acids is 3. The quantitative estimate of drug-likeness (QED) is 0.213. The molecule has 4 aliphatic rings. The second-order valence-electron chi connectivity index (χ2n) is 14.4. The molecule has 8 heteroatoms. The van der Waals surface area contributed by atoms with E-state index in [-0.39, 0.29) is 25.3 Å². The van der Waals surface area contributed by atoms with Crippen molar-refractivity contribution < 1.29 is 33.8 Å². The summed E-state index contributed by atoms with van der Waals surface area (Å²) in [4.78, 5) is 46.9. The first-order chi connectivity index (χ1) is 19.5.